The van der Waals surface area contributed by atoms with Crippen molar-refractivity contribution in [3.8, 4) is 11.4 Å². The number of benzene rings is 1. The molecule has 1 aliphatic heterocycles. The molecule has 168 valence electrons. The van der Waals surface area contributed by atoms with E-state index in [4.69, 9.17) is 4.74 Å². The first kappa shape index (κ1) is 21.8. The van der Waals surface area contributed by atoms with E-state index in [0.29, 0.717) is 18.6 Å². The highest BCUT2D eigenvalue weighted by Crippen LogP contribution is 2.24. The van der Waals surface area contributed by atoms with E-state index in [1.54, 1.807) is 10.9 Å². The van der Waals surface area contributed by atoms with E-state index in [-0.39, 0.29) is 24.5 Å². The minimum Gasteiger partial charge on any atom is -0.433 e. The van der Waals surface area contributed by atoms with Crippen LogP contribution in [0.1, 0.15) is 28.0 Å². The Morgan fingerprint density at radius 2 is 2.16 bits per heavy atom. The van der Waals surface area contributed by atoms with Gasteiger partial charge in [-0.3, -0.25) is 4.79 Å². The second kappa shape index (κ2) is 9.84. The third kappa shape index (κ3) is 5.27. The average Bonchev–Trinajstić information content (AvgIpc) is 3.32. The number of carbonyl (C=O) groups excluding carboxylic acids is 1. The zero-order chi connectivity index (χ0) is 22.5. The summed E-state index contributed by atoms with van der Waals surface area (Å²) in [6.07, 6.45) is 4.54. The third-order valence-electron chi connectivity index (χ3n) is 5.13. The molecule has 0 spiro atoms. The number of nitrogens with one attached hydrogen (secondary N) is 1. The number of ether oxygens (including phenoxy) is 2. The summed E-state index contributed by atoms with van der Waals surface area (Å²) in [7, 11) is 0. The van der Waals surface area contributed by atoms with E-state index < -0.39 is 24.7 Å². The summed E-state index contributed by atoms with van der Waals surface area (Å²) in [5, 5.41) is 16.9. The Morgan fingerprint density at radius 3 is 2.84 bits per heavy atom. The van der Waals surface area contributed by atoms with Gasteiger partial charge in [-0.25, -0.2) is 9.67 Å². The van der Waals surface area contributed by atoms with Gasteiger partial charge in [0.1, 0.15) is 11.4 Å². The molecule has 32 heavy (non-hydrogen) atoms. The summed E-state index contributed by atoms with van der Waals surface area (Å²) in [5.74, 6) is -0.632. The van der Waals surface area contributed by atoms with Crippen molar-refractivity contribution in [2.24, 2.45) is 0 Å². The van der Waals surface area contributed by atoms with Gasteiger partial charge < -0.3 is 19.9 Å². The van der Waals surface area contributed by atoms with E-state index in [1.807, 2.05) is 36.5 Å². The summed E-state index contributed by atoms with van der Waals surface area (Å²) in [5.41, 5.74) is 2.10. The lowest BCUT2D eigenvalue weighted by molar-refractivity contribution is -0.0506. The van der Waals surface area contributed by atoms with Crippen molar-refractivity contribution in [1.29, 1.82) is 0 Å². The largest absolute Gasteiger partial charge is 0.433 e. The molecule has 10 heteroatoms. The van der Waals surface area contributed by atoms with E-state index in [9.17, 15) is 18.7 Å². The number of aromatic nitrogens is 3. The van der Waals surface area contributed by atoms with Gasteiger partial charge in [0.2, 0.25) is 0 Å². The number of amides is 1. The van der Waals surface area contributed by atoms with Crippen LogP contribution in [0.2, 0.25) is 0 Å². The first-order chi connectivity index (χ1) is 15.5. The molecule has 3 heterocycles. The fourth-order valence-corrected chi connectivity index (χ4v) is 3.46. The molecular formula is C22H22F2N4O4. The third-order valence-corrected chi connectivity index (χ3v) is 5.13. The van der Waals surface area contributed by atoms with Crippen molar-refractivity contribution in [3.63, 3.8) is 0 Å². The maximum atomic E-state index is 12.9. The number of aliphatic hydroxyl groups excluding tert-OH is 1. The Labute approximate surface area is 182 Å². The summed E-state index contributed by atoms with van der Waals surface area (Å²) in [4.78, 5) is 16.6. The highest BCUT2D eigenvalue weighted by atomic mass is 19.3. The van der Waals surface area contributed by atoms with Gasteiger partial charge >= 0.3 is 6.61 Å². The summed E-state index contributed by atoms with van der Waals surface area (Å²) in [6.45, 7) is -2.41. The number of pyridine rings is 1. The Balaban J connectivity index is 1.54. The smallest absolute Gasteiger partial charge is 0.387 e. The molecule has 0 aliphatic carbocycles. The lowest BCUT2D eigenvalue weighted by Gasteiger charge is -2.28. The van der Waals surface area contributed by atoms with Gasteiger partial charge in [0.15, 0.2) is 0 Å². The normalized spacial score (nSPS) is 18.5. The summed E-state index contributed by atoms with van der Waals surface area (Å²) in [6, 6.07) is 10.1. The molecule has 8 nitrogen and oxygen atoms in total. The first-order valence-corrected chi connectivity index (χ1v) is 10.1. The number of aliphatic hydroxyl groups is 1. The van der Waals surface area contributed by atoms with Crippen molar-refractivity contribution in [1.82, 2.24) is 20.1 Å². The van der Waals surface area contributed by atoms with Gasteiger partial charge in [-0.1, -0.05) is 12.1 Å². The van der Waals surface area contributed by atoms with E-state index in [0.717, 1.165) is 17.4 Å². The molecule has 2 atom stereocenters. The van der Waals surface area contributed by atoms with Crippen LogP contribution in [0.5, 0.6) is 5.75 Å². The van der Waals surface area contributed by atoms with Gasteiger partial charge in [-0.15, -0.1) is 0 Å². The number of halogens is 2. The predicted molar refractivity (Wildman–Crippen MR) is 110 cm³/mol. The monoisotopic (exact) mass is 444 g/mol. The van der Waals surface area contributed by atoms with Crippen LogP contribution in [-0.2, 0) is 11.2 Å². The van der Waals surface area contributed by atoms with E-state index >= 15 is 0 Å². The predicted octanol–water partition coefficient (Wildman–Crippen LogP) is 2.34. The molecule has 0 radical (unpaired) electrons. The Morgan fingerprint density at radius 1 is 1.34 bits per heavy atom. The number of hydrogen-bond donors (Lipinski definition) is 2. The number of rotatable bonds is 7. The fraction of sp³-hybridized carbons (Fsp3) is 0.318. The lowest BCUT2D eigenvalue weighted by Crippen LogP contribution is -2.49. The zero-order valence-corrected chi connectivity index (χ0v) is 17.0. The lowest BCUT2D eigenvalue weighted by atomic mass is 10.0. The Bertz CT molecular complexity index is 1040. The molecule has 1 aromatic carbocycles. The quantitative estimate of drug-likeness (QED) is 0.581. The van der Waals surface area contributed by atoms with Gasteiger partial charge in [0.25, 0.3) is 5.91 Å². The maximum absolute atomic E-state index is 12.9. The van der Waals surface area contributed by atoms with Crippen LogP contribution in [0.3, 0.4) is 0 Å². The van der Waals surface area contributed by atoms with Crippen LogP contribution in [0.15, 0.2) is 55.0 Å². The van der Waals surface area contributed by atoms with Crippen molar-refractivity contribution in [2.45, 2.75) is 31.6 Å². The average molecular weight is 444 g/mol. The van der Waals surface area contributed by atoms with Gasteiger partial charge in [0.05, 0.1) is 30.6 Å². The first-order valence-electron chi connectivity index (χ1n) is 10.1. The number of alkyl halides is 2. The van der Waals surface area contributed by atoms with Crippen LogP contribution < -0.4 is 10.1 Å². The molecule has 4 rings (SSSR count). The van der Waals surface area contributed by atoms with Crippen molar-refractivity contribution >= 4 is 5.91 Å². The highest BCUT2D eigenvalue weighted by Gasteiger charge is 2.26. The molecule has 2 N–H and O–H groups in total. The second-order valence-corrected chi connectivity index (χ2v) is 7.36. The maximum Gasteiger partial charge on any atom is 0.387 e. The Kier molecular flexibility index (Phi) is 6.72. The molecule has 2 aromatic heterocycles. The number of nitrogens with zero attached hydrogens (tertiary/aromatic N) is 3. The van der Waals surface area contributed by atoms with Crippen LogP contribution in [0.4, 0.5) is 8.78 Å². The Hall–Kier alpha value is -3.37. The van der Waals surface area contributed by atoms with Crippen LogP contribution >= 0.6 is 0 Å². The standard InChI is InChI=1S/C22H22F2N4O4/c23-22(24)32-20-12-25-17(21(30)27-18-13-31-9-6-19(18)29)11-15(20)10-14-2-4-16(5-3-14)28-8-1-7-26-28/h1-5,7-8,11-12,18-19,22,29H,6,9-10,13H2,(H,27,30)/t18-,19-/m0/s1. The minimum atomic E-state index is -3.02. The highest BCUT2D eigenvalue weighted by molar-refractivity contribution is 5.92. The molecule has 1 fully saturated rings. The summed E-state index contributed by atoms with van der Waals surface area (Å²) < 4.78 is 37.3. The van der Waals surface area contributed by atoms with Gasteiger partial charge in [-0.2, -0.15) is 13.9 Å². The van der Waals surface area contributed by atoms with Crippen LogP contribution in [0.25, 0.3) is 5.69 Å². The SMILES string of the molecule is O=C(N[C@H]1COCC[C@@H]1O)c1cc(Cc2ccc(-n3cccn3)cc2)c(OC(F)F)cn1. The molecule has 1 aliphatic rings. The number of hydrogen-bond acceptors (Lipinski definition) is 6. The van der Waals surface area contributed by atoms with Gasteiger partial charge in [-0.05, 0) is 36.2 Å². The molecule has 1 amide bonds. The number of carbonyl (C=O) groups is 1. The molecular weight excluding hydrogens is 422 g/mol. The van der Waals surface area contributed by atoms with E-state index in [1.165, 1.54) is 6.07 Å². The molecule has 0 unspecified atom stereocenters. The molecule has 0 saturated carbocycles. The second-order valence-electron chi connectivity index (χ2n) is 7.36. The van der Waals surface area contributed by atoms with Crippen molar-refractivity contribution in [3.05, 3.63) is 71.8 Å². The van der Waals surface area contributed by atoms with E-state index in [2.05, 4.69) is 20.1 Å². The summed E-state index contributed by atoms with van der Waals surface area (Å²) >= 11 is 0. The molecule has 1 saturated heterocycles. The van der Waals surface area contributed by atoms with Gasteiger partial charge in [0, 0.05) is 31.0 Å². The van der Waals surface area contributed by atoms with Crippen LogP contribution in [0, 0.1) is 0 Å². The van der Waals surface area contributed by atoms with Crippen molar-refractivity contribution in [2.75, 3.05) is 13.2 Å². The topological polar surface area (TPSA) is 98.5 Å². The molecule has 3 aromatic rings. The van der Waals surface area contributed by atoms with Crippen LogP contribution in [-0.4, -0.2) is 57.7 Å². The minimum absolute atomic E-state index is 0.0348. The molecule has 0 bridgehead atoms. The van der Waals surface area contributed by atoms with Crippen molar-refractivity contribution < 1.29 is 28.2 Å². The fourth-order valence-electron chi connectivity index (χ4n) is 3.46. The zero-order valence-electron chi connectivity index (χ0n) is 17.0.